The van der Waals surface area contributed by atoms with Crippen molar-refractivity contribution in [3.63, 3.8) is 0 Å². The molecule has 1 aliphatic heterocycles. The molecule has 62 valence electrons. The second kappa shape index (κ2) is 2.68. The van der Waals surface area contributed by atoms with E-state index in [1.54, 1.807) is 18.2 Å². The van der Waals surface area contributed by atoms with Crippen LogP contribution in [0, 0.1) is 0 Å². The lowest BCUT2D eigenvalue weighted by molar-refractivity contribution is -0.118. The summed E-state index contributed by atoms with van der Waals surface area (Å²) in [7, 11) is 0. The Bertz CT molecular complexity index is 338. The molecule has 1 aromatic rings. The number of carbonyl (C=O) groups is 1. The average Bonchev–Trinajstić information content (AvgIpc) is 2.04. The number of benzene rings is 1. The third-order valence-electron chi connectivity index (χ3n) is 1.59. The van der Waals surface area contributed by atoms with Crippen LogP contribution in [0.3, 0.4) is 0 Å². The van der Waals surface area contributed by atoms with E-state index in [0.717, 1.165) is 0 Å². The van der Waals surface area contributed by atoms with Crippen LogP contribution in [0.25, 0.3) is 0 Å². The van der Waals surface area contributed by atoms with Gasteiger partial charge in [-0.3, -0.25) is 4.79 Å². The fourth-order valence-electron chi connectivity index (χ4n) is 1.08. The summed E-state index contributed by atoms with van der Waals surface area (Å²) in [6.45, 7) is 0.0384. The van der Waals surface area contributed by atoms with E-state index in [4.69, 9.17) is 16.3 Å². The van der Waals surface area contributed by atoms with Gasteiger partial charge in [0, 0.05) is 0 Å². The SMILES string of the molecule is O=C1COc2c(Cl)cccc2N1. The molecule has 1 amide bonds. The first-order valence-corrected chi connectivity index (χ1v) is 3.86. The Morgan fingerprint density at radius 3 is 3.17 bits per heavy atom. The molecule has 0 aromatic heterocycles. The zero-order valence-corrected chi connectivity index (χ0v) is 6.89. The highest BCUT2D eigenvalue weighted by Crippen LogP contribution is 2.34. The molecule has 2 rings (SSSR count). The van der Waals surface area contributed by atoms with Crippen LogP contribution in [0.1, 0.15) is 0 Å². The lowest BCUT2D eigenvalue weighted by Gasteiger charge is -2.18. The van der Waals surface area contributed by atoms with Gasteiger partial charge in [0.25, 0.3) is 5.91 Å². The lowest BCUT2D eigenvalue weighted by atomic mass is 10.2. The monoisotopic (exact) mass is 183 g/mol. The minimum absolute atomic E-state index is 0.0384. The third-order valence-corrected chi connectivity index (χ3v) is 1.89. The molecule has 12 heavy (non-hydrogen) atoms. The van der Waals surface area contributed by atoms with Crippen molar-refractivity contribution < 1.29 is 9.53 Å². The Hall–Kier alpha value is -1.22. The highest BCUT2D eigenvalue weighted by Gasteiger charge is 2.17. The van der Waals surface area contributed by atoms with E-state index in [0.29, 0.717) is 16.5 Å². The summed E-state index contributed by atoms with van der Waals surface area (Å²) in [5.74, 6) is 0.406. The van der Waals surface area contributed by atoms with E-state index in [9.17, 15) is 4.79 Å². The molecule has 0 saturated heterocycles. The lowest BCUT2D eigenvalue weighted by Crippen LogP contribution is -2.25. The number of fused-ring (bicyclic) bond motifs is 1. The van der Waals surface area contributed by atoms with Crippen molar-refractivity contribution in [1.29, 1.82) is 0 Å². The summed E-state index contributed by atoms with van der Waals surface area (Å²) in [5.41, 5.74) is 0.638. The molecule has 0 radical (unpaired) electrons. The van der Waals surface area contributed by atoms with Crippen molar-refractivity contribution in [3.8, 4) is 5.75 Å². The van der Waals surface area contributed by atoms with E-state index in [2.05, 4.69) is 5.32 Å². The molecule has 0 aliphatic carbocycles. The summed E-state index contributed by atoms with van der Waals surface area (Å²) in [5, 5.41) is 3.17. The van der Waals surface area contributed by atoms with Gasteiger partial charge in [-0.05, 0) is 12.1 Å². The summed E-state index contributed by atoms with van der Waals surface area (Å²) >= 11 is 5.81. The normalized spacial score (nSPS) is 14.6. The Morgan fingerprint density at radius 2 is 2.33 bits per heavy atom. The van der Waals surface area contributed by atoms with E-state index < -0.39 is 0 Å². The number of hydrogen-bond acceptors (Lipinski definition) is 2. The Balaban J connectivity index is 2.48. The number of anilines is 1. The quantitative estimate of drug-likeness (QED) is 0.665. The molecular weight excluding hydrogens is 178 g/mol. The highest BCUT2D eigenvalue weighted by atomic mass is 35.5. The van der Waals surface area contributed by atoms with Gasteiger partial charge in [0.2, 0.25) is 0 Å². The van der Waals surface area contributed by atoms with Gasteiger partial charge in [0.1, 0.15) is 0 Å². The minimum Gasteiger partial charge on any atom is -0.480 e. The maximum absolute atomic E-state index is 10.9. The summed E-state index contributed by atoms with van der Waals surface area (Å²) in [6.07, 6.45) is 0. The van der Waals surface area contributed by atoms with E-state index >= 15 is 0 Å². The van der Waals surface area contributed by atoms with Crippen LogP contribution in [0.15, 0.2) is 18.2 Å². The first-order valence-electron chi connectivity index (χ1n) is 3.48. The molecule has 0 bridgehead atoms. The van der Waals surface area contributed by atoms with Crippen molar-refractivity contribution in [2.75, 3.05) is 11.9 Å². The summed E-state index contributed by atoms with van der Waals surface area (Å²) in [6, 6.07) is 5.23. The van der Waals surface area contributed by atoms with Crippen molar-refractivity contribution in [1.82, 2.24) is 0 Å². The van der Waals surface area contributed by atoms with Crippen molar-refractivity contribution in [3.05, 3.63) is 23.2 Å². The maximum atomic E-state index is 10.9. The van der Waals surface area contributed by atoms with Gasteiger partial charge in [-0.15, -0.1) is 0 Å². The van der Waals surface area contributed by atoms with Crippen LogP contribution in [0.5, 0.6) is 5.75 Å². The predicted octanol–water partition coefficient (Wildman–Crippen LogP) is 1.67. The van der Waals surface area contributed by atoms with Gasteiger partial charge < -0.3 is 10.1 Å². The van der Waals surface area contributed by atoms with Gasteiger partial charge in [0.05, 0.1) is 10.7 Å². The third kappa shape index (κ3) is 1.12. The molecule has 0 atom stereocenters. The minimum atomic E-state index is -0.148. The molecule has 1 aromatic carbocycles. The number of nitrogens with one attached hydrogen (secondary N) is 1. The van der Waals surface area contributed by atoms with Crippen LogP contribution in [0.2, 0.25) is 5.02 Å². The van der Waals surface area contributed by atoms with Gasteiger partial charge in [-0.2, -0.15) is 0 Å². The smallest absolute Gasteiger partial charge is 0.262 e. The Morgan fingerprint density at radius 1 is 1.50 bits per heavy atom. The van der Waals surface area contributed by atoms with Crippen LogP contribution < -0.4 is 10.1 Å². The average molecular weight is 184 g/mol. The number of carbonyl (C=O) groups excluding carboxylic acids is 1. The highest BCUT2D eigenvalue weighted by molar-refractivity contribution is 6.32. The first kappa shape index (κ1) is 7.43. The van der Waals surface area contributed by atoms with Crippen molar-refractivity contribution in [2.24, 2.45) is 0 Å². The van der Waals surface area contributed by atoms with Gasteiger partial charge in [-0.25, -0.2) is 0 Å². The predicted molar refractivity (Wildman–Crippen MR) is 45.6 cm³/mol. The molecular formula is C8H6ClNO2. The van der Waals surface area contributed by atoms with E-state index in [1.807, 2.05) is 0 Å². The molecule has 0 saturated carbocycles. The molecule has 4 heteroatoms. The number of rotatable bonds is 0. The molecule has 1 N–H and O–H groups in total. The largest absolute Gasteiger partial charge is 0.480 e. The van der Waals surface area contributed by atoms with E-state index in [-0.39, 0.29) is 12.5 Å². The second-order valence-electron chi connectivity index (χ2n) is 2.45. The maximum Gasteiger partial charge on any atom is 0.262 e. The number of amides is 1. The van der Waals surface area contributed by atoms with Crippen LogP contribution in [-0.2, 0) is 4.79 Å². The Labute approximate surface area is 74.3 Å². The first-order chi connectivity index (χ1) is 5.77. The Kier molecular flexibility index (Phi) is 1.66. The summed E-state index contributed by atoms with van der Waals surface area (Å²) in [4.78, 5) is 10.9. The fraction of sp³-hybridized carbons (Fsp3) is 0.125. The standard InChI is InChI=1S/C8H6ClNO2/c9-5-2-1-3-6-8(5)12-4-7(11)10-6/h1-3H,4H2,(H,10,11). The second-order valence-corrected chi connectivity index (χ2v) is 2.86. The van der Waals surface area contributed by atoms with Gasteiger partial charge >= 0.3 is 0 Å². The molecule has 0 unspecified atom stereocenters. The van der Waals surface area contributed by atoms with Gasteiger partial charge in [-0.1, -0.05) is 17.7 Å². The topological polar surface area (TPSA) is 38.3 Å². The number of ether oxygens (including phenoxy) is 1. The fourth-order valence-corrected chi connectivity index (χ4v) is 1.31. The zero-order chi connectivity index (χ0) is 8.55. The molecule has 1 heterocycles. The molecule has 0 fully saturated rings. The zero-order valence-electron chi connectivity index (χ0n) is 6.13. The summed E-state index contributed by atoms with van der Waals surface area (Å²) < 4.78 is 5.12. The van der Waals surface area contributed by atoms with Gasteiger partial charge in [0.15, 0.2) is 12.4 Å². The number of hydrogen-bond donors (Lipinski definition) is 1. The molecule has 3 nitrogen and oxygen atoms in total. The van der Waals surface area contributed by atoms with Crippen LogP contribution >= 0.6 is 11.6 Å². The molecule has 1 aliphatic rings. The number of para-hydroxylation sites is 1. The van der Waals surface area contributed by atoms with Crippen LogP contribution in [-0.4, -0.2) is 12.5 Å². The van der Waals surface area contributed by atoms with E-state index in [1.165, 1.54) is 0 Å². The molecule has 0 spiro atoms. The van der Waals surface area contributed by atoms with Crippen LogP contribution in [0.4, 0.5) is 5.69 Å². The number of halogens is 1. The van der Waals surface area contributed by atoms with Crippen molar-refractivity contribution >= 4 is 23.2 Å². The van der Waals surface area contributed by atoms with Crippen molar-refractivity contribution in [2.45, 2.75) is 0 Å².